The van der Waals surface area contributed by atoms with Gasteiger partial charge in [0.05, 0.1) is 11.8 Å². The zero-order valence-corrected chi connectivity index (χ0v) is 22.7. The van der Waals surface area contributed by atoms with Crippen molar-refractivity contribution in [3.05, 3.63) is 76.3 Å². The van der Waals surface area contributed by atoms with Crippen LogP contribution in [0, 0.1) is 0 Å². The van der Waals surface area contributed by atoms with E-state index in [1.807, 2.05) is 12.1 Å². The fourth-order valence-corrected chi connectivity index (χ4v) is 4.39. The van der Waals surface area contributed by atoms with Gasteiger partial charge in [-0.15, -0.1) is 13.2 Å². The third-order valence-electron chi connectivity index (χ3n) is 6.40. The van der Waals surface area contributed by atoms with Crippen LogP contribution in [0.15, 0.2) is 64.5 Å². The van der Waals surface area contributed by atoms with Gasteiger partial charge >= 0.3 is 12.1 Å². The van der Waals surface area contributed by atoms with Gasteiger partial charge in [0.1, 0.15) is 11.4 Å². The molecule has 4 rings (SSSR count). The van der Waals surface area contributed by atoms with Crippen LogP contribution in [0.2, 0.25) is 0 Å². The Kier molecular flexibility index (Phi) is 9.83. The first-order valence-corrected chi connectivity index (χ1v) is 13.3. The molecule has 1 atom stereocenters. The molecular weight excluding hydrogens is 553 g/mol. The summed E-state index contributed by atoms with van der Waals surface area (Å²) in [5.41, 5.74) is 18.4. The quantitative estimate of drug-likeness (QED) is 0.0785. The third-order valence-corrected chi connectivity index (χ3v) is 6.40. The first-order valence-electron chi connectivity index (χ1n) is 13.3. The van der Waals surface area contributed by atoms with Crippen LogP contribution >= 0.6 is 0 Å². The normalized spacial score (nSPS) is 12.4. The van der Waals surface area contributed by atoms with Crippen molar-refractivity contribution in [2.24, 2.45) is 22.2 Å². The second-order valence-corrected chi connectivity index (χ2v) is 9.67. The van der Waals surface area contributed by atoms with E-state index >= 15 is 0 Å². The Balaban J connectivity index is 1.56. The predicted octanol–water partition coefficient (Wildman–Crippen LogP) is 2.80. The van der Waals surface area contributed by atoms with Crippen LogP contribution in [0.5, 0.6) is 5.75 Å². The summed E-state index contributed by atoms with van der Waals surface area (Å²) < 4.78 is 44.6. The molecule has 0 saturated heterocycles. The summed E-state index contributed by atoms with van der Waals surface area (Å²) in [5.74, 6) is -0.409. The van der Waals surface area contributed by atoms with Gasteiger partial charge in [-0.1, -0.05) is 12.1 Å². The van der Waals surface area contributed by atoms with Gasteiger partial charge in [0.15, 0.2) is 5.96 Å². The van der Waals surface area contributed by atoms with E-state index < -0.39 is 23.9 Å². The van der Waals surface area contributed by atoms with Gasteiger partial charge in [0.2, 0.25) is 0 Å². The van der Waals surface area contributed by atoms with Crippen molar-refractivity contribution >= 4 is 17.0 Å². The Hall–Kier alpha value is -4.40. The number of alkyl halides is 3. The molecule has 1 unspecified atom stereocenters. The highest BCUT2D eigenvalue weighted by Crippen LogP contribution is 2.33. The molecule has 0 bridgehead atoms. The lowest BCUT2D eigenvalue weighted by molar-refractivity contribution is -0.274. The fourth-order valence-electron chi connectivity index (χ4n) is 4.39. The summed E-state index contributed by atoms with van der Waals surface area (Å²) in [7, 11) is 0. The van der Waals surface area contributed by atoms with Gasteiger partial charge < -0.3 is 37.3 Å². The standard InChI is InChI=1S/C28H33F3N8O3/c29-28(30,31)42-22-12-18(11-19(13-22)24(40)3-1-8-32)23-14-20-16-39(27(41)38-25(20)37-23)21-6-4-17(5-7-21)15-35-9-2-10-36-26(33)34/h4-7,11-14,16,24,35,40H,1-3,8-10,15,32H2,(H4,33,34,36)(H,37,38,41). The third kappa shape index (κ3) is 8.31. The molecule has 0 aliphatic carbocycles. The lowest BCUT2D eigenvalue weighted by Gasteiger charge is -2.15. The Morgan fingerprint density at radius 3 is 2.60 bits per heavy atom. The van der Waals surface area contributed by atoms with E-state index in [-0.39, 0.29) is 23.6 Å². The van der Waals surface area contributed by atoms with Gasteiger partial charge in [0.25, 0.3) is 0 Å². The zero-order valence-electron chi connectivity index (χ0n) is 22.7. The molecule has 0 spiro atoms. The summed E-state index contributed by atoms with van der Waals surface area (Å²) in [4.78, 5) is 23.9. The minimum atomic E-state index is -4.91. The second kappa shape index (κ2) is 13.5. The molecule has 224 valence electrons. The number of nitrogens with two attached hydrogens (primary N) is 3. The number of halogens is 3. The Labute approximate surface area is 239 Å². The summed E-state index contributed by atoms with van der Waals surface area (Å²) in [6.07, 6.45) is -2.80. The maximum atomic E-state index is 13.0. The van der Waals surface area contributed by atoms with E-state index in [9.17, 15) is 23.1 Å². The van der Waals surface area contributed by atoms with Crippen LogP contribution in [0.3, 0.4) is 0 Å². The molecule has 0 fully saturated rings. The minimum absolute atomic E-state index is 0.0668. The van der Waals surface area contributed by atoms with Gasteiger partial charge in [-0.05, 0) is 79.9 Å². The topological polar surface area (TPSA) is 183 Å². The van der Waals surface area contributed by atoms with E-state index in [4.69, 9.17) is 17.2 Å². The number of hydrogen-bond acceptors (Lipinski definition) is 7. The minimum Gasteiger partial charge on any atom is -0.406 e. The van der Waals surface area contributed by atoms with Gasteiger partial charge in [-0.25, -0.2) is 4.79 Å². The second-order valence-electron chi connectivity index (χ2n) is 9.67. The van der Waals surface area contributed by atoms with E-state index in [1.165, 1.54) is 10.6 Å². The lowest BCUT2D eigenvalue weighted by Crippen LogP contribution is -2.23. The highest BCUT2D eigenvalue weighted by atomic mass is 19.4. The number of ether oxygens (including phenoxy) is 1. The van der Waals surface area contributed by atoms with Crippen molar-refractivity contribution in [1.29, 1.82) is 0 Å². The molecule has 0 aliphatic rings. The molecule has 4 aromatic rings. The predicted molar refractivity (Wildman–Crippen MR) is 154 cm³/mol. The van der Waals surface area contributed by atoms with Crippen molar-refractivity contribution in [2.75, 3.05) is 19.6 Å². The number of aromatic amines is 1. The van der Waals surface area contributed by atoms with E-state index in [0.29, 0.717) is 48.4 Å². The molecule has 2 heterocycles. The van der Waals surface area contributed by atoms with Crippen LogP contribution < -0.4 is 32.9 Å². The van der Waals surface area contributed by atoms with Crippen molar-refractivity contribution in [1.82, 2.24) is 19.9 Å². The molecule has 2 aromatic heterocycles. The molecule has 11 nitrogen and oxygen atoms in total. The first-order chi connectivity index (χ1) is 20.0. The van der Waals surface area contributed by atoms with Crippen molar-refractivity contribution in [3.63, 3.8) is 0 Å². The Bertz CT molecular complexity index is 1580. The number of aliphatic imine (C=N–C) groups is 1. The molecule has 14 heteroatoms. The van der Waals surface area contributed by atoms with Crippen molar-refractivity contribution in [2.45, 2.75) is 38.3 Å². The monoisotopic (exact) mass is 586 g/mol. The SMILES string of the molecule is NCCCC(O)c1cc(OC(F)(F)F)cc(-c2cc3cn(-c4ccc(CNCCCN=C(N)N)cc4)c(=O)nc3[nH]2)c1. The lowest BCUT2D eigenvalue weighted by atomic mass is 10.0. The number of H-pyrrole nitrogens is 1. The number of nitrogens with zero attached hydrogens (tertiary/aromatic N) is 3. The largest absolute Gasteiger partial charge is 0.573 e. The summed E-state index contributed by atoms with van der Waals surface area (Å²) in [6, 6.07) is 13.0. The number of aromatic nitrogens is 3. The number of hydrogen-bond donors (Lipinski definition) is 6. The van der Waals surface area contributed by atoms with Gasteiger partial charge in [-0.3, -0.25) is 9.56 Å². The average molecular weight is 587 g/mol. The highest BCUT2D eigenvalue weighted by molar-refractivity contribution is 5.83. The van der Waals surface area contributed by atoms with Gasteiger partial charge in [-0.2, -0.15) is 4.98 Å². The van der Waals surface area contributed by atoms with Crippen LogP contribution in [-0.4, -0.2) is 51.6 Å². The van der Waals surface area contributed by atoms with E-state index in [2.05, 4.69) is 25.0 Å². The molecule has 0 amide bonds. The molecule has 9 N–H and O–H groups in total. The number of fused-ring (bicyclic) bond motifs is 1. The summed E-state index contributed by atoms with van der Waals surface area (Å²) >= 11 is 0. The Morgan fingerprint density at radius 1 is 1.14 bits per heavy atom. The number of aliphatic hydroxyl groups excluding tert-OH is 1. The number of guanidine groups is 1. The van der Waals surface area contributed by atoms with Crippen LogP contribution in [0.25, 0.3) is 28.0 Å². The maximum Gasteiger partial charge on any atom is 0.573 e. The number of nitrogens with one attached hydrogen (secondary N) is 2. The summed E-state index contributed by atoms with van der Waals surface area (Å²) in [5, 5.41) is 14.4. The first kappa shape index (κ1) is 30.6. The maximum absolute atomic E-state index is 13.0. The highest BCUT2D eigenvalue weighted by Gasteiger charge is 2.31. The van der Waals surface area contributed by atoms with Crippen molar-refractivity contribution < 1.29 is 23.0 Å². The van der Waals surface area contributed by atoms with E-state index in [1.54, 1.807) is 30.5 Å². The Morgan fingerprint density at radius 2 is 1.90 bits per heavy atom. The number of rotatable bonds is 13. The van der Waals surface area contributed by atoms with Crippen LogP contribution in [0.1, 0.15) is 36.5 Å². The molecule has 0 radical (unpaired) electrons. The molecular formula is C28H33F3N8O3. The van der Waals surface area contributed by atoms with Crippen LogP contribution in [0.4, 0.5) is 13.2 Å². The zero-order chi connectivity index (χ0) is 30.3. The molecule has 0 saturated carbocycles. The molecule has 42 heavy (non-hydrogen) atoms. The van der Waals surface area contributed by atoms with E-state index in [0.717, 1.165) is 24.6 Å². The fraction of sp³-hybridized carbons (Fsp3) is 0.321. The average Bonchev–Trinajstić information content (AvgIpc) is 3.35. The number of benzene rings is 2. The van der Waals surface area contributed by atoms with Crippen LogP contribution in [-0.2, 0) is 6.54 Å². The molecule has 2 aromatic carbocycles. The molecule has 0 aliphatic heterocycles. The van der Waals surface area contributed by atoms with Crippen molar-refractivity contribution in [3.8, 4) is 22.7 Å². The number of aliphatic hydroxyl groups is 1. The smallest absolute Gasteiger partial charge is 0.406 e. The summed E-state index contributed by atoms with van der Waals surface area (Å²) in [6.45, 7) is 2.22. The van der Waals surface area contributed by atoms with Gasteiger partial charge in [0, 0.05) is 35.9 Å².